The summed E-state index contributed by atoms with van der Waals surface area (Å²) in [6, 6.07) is 4.82. The standard InChI is InChI=1S/C15H24N2/c1-10-6-11(2)15(12(3)7-10)14(8-16)17-9-13-4-5-13/h6-7,13-14,17H,4-5,8-9,16H2,1-3H3. The van der Waals surface area contributed by atoms with Gasteiger partial charge in [0.25, 0.3) is 0 Å². The molecule has 0 amide bonds. The van der Waals surface area contributed by atoms with Crippen LogP contribution >= 0.6 is 0 Å². The van der Waals surface area contributed by atoms with Gasteiger partial charge in [-0.15, -0.1) is 0 Å². The largest absolute Gasteiger partial charge is 0.329 e. The van der Waals surface area contributed by atoms with Crippen molar-refractivity contribution in [1.29, 1.82) is 0 Å². The van der Waals surface area contributed by atoms with Crippen LogP contribution in [0.15, 0.2) is 12.1 Å². The topological polar surface area (TPSA) is 38.0 Å². The smallest absolute Gasteiger partial charge is 0.0449 e. The van der Waals surface area contributed by atoms with Crippen LogP contribution in [0.4, 0.5) is 0 Å². The van der Waals surface area contributed by atoms with Gasteiger partial charge < -0.3 is 11.1 Å². The minimum Gasteiger partial charge on any atom is -0.329 e. The van der Waals surface area contributed by atoms with Crippen molar-refractivity contribution < 1.29 is 0 Å². The number of hydrogen-bond donors (Lipinski definition) is 2. The Morgan fingerprint density at radius 2 is 1.82 bits per heavy atom. The molecule has 0 heterocycles. The summed E-state index contributed by atoms with van der Waals surface area (Å²) in [6.07, 6.45) is 2.77. The van der Waals surface area contributed by atoms with Gasteiger partial charge in [-0.25, -0.2) is 0 Å². The van der Waals surface area contributed by atoms with Crippen LogP contribution in [0.2, 0.25) is 0 Å². The predicted molar refractivity (Wildman–Crippen MR) is 73.2 cm³/mol. The van der Waals surface area contributed by atoms with Crippen molar-refractivity contribution in [2.24, 2.45) is 11.7 Å². The second kappa shape index (κ2) is 5.19. The van der Waals surface area contributed by atoms with E-state index in [0.717, 1.165) is 12.5 Å². The van der Waals surface area contributed by atoms with Crippen molar-refractivity contribution in [3.8, 4) is 0 Å². The van der Waals surface area contributed by atoms with Gasteiger partial charge in [-0.05, 0) is 62.8 Å². The molecule has 0 spiro atoms. The number of rotatable bonds is 5. The van der Waals surface area contributed by atoms with Crippen molar-refractivity contribution in [3.63, 3.8) is 0 Å². The fourth-order valence-corrected chi connectivity index (χ4v) is 2.67. The highest BCUT2D eigenvalue weighted by Crippen LogP contribution is 2.29. The highest BCUT2D eigenvalue weighted by Gasteiger charge is 2.23. The van der Waals surface area contributed by atoms with E-state index in [9.17, 15) is 0 Å². The summed E-state index contributed by atoms with van der Waals surface area (Å²) >= 11 is 0. The van der Waals surface area contributed by atoms with Crippen LogP contribution in [-0.4, -0.2) is 13.1 Å². The molecule has 0 bridgehead atoms. The van der Waals surface area contributed by atoms with Gasteiger partial charge in [0, 0.05) is 12.6 Å². The third-order valence-electron chi connectivity index (χ3n) is 3.67. The molecule has 1 saturated carbocycles. The lowest BCUT2D eigenvalue weighted by atomic mass is 9.94. The van der Waals surface area contributed by atoms with Gasteiger partial charge in [0.2, 0.25) is 0 Å². The summed E-state index contributed by atoms with van der Waals surface area (Å²) in [7, 11) is 0. The number of aryl methyl sites for hydroxylation is 3. The maximum absolute atomic E-state index is 5.92. The highest BCUT2D eigenvalue weighted by atomic mass is 14.9. The van der Waals surface area contributed by atoms with E-state index in [2.05, 4.69) is 38.2 Å². The van der Waals surface area contributed by atoms with Gasteiger partial charge in [-0.1, -0.05) is 17.7 Å². The maximum atomic E-state index is 5.92. The van der Waals surface area contributed by atoms with Crippen LogP contribution in [0, 0.1) is 26.7 Å². The molecule has 17 heavy (non-hydrogen) atoms. The van der Waals surface area contributed by atoms with Gasteiger partial charge in [0.1, 0.15) is 0 Å². The minimum absolute atomic E-state index is 0.316. The number of hydrogen-bond acceptors (Lipinski definition) is 2. The van der Waals surface area contributed by atoms with Gasteiger partial charge in [0.15, 0.2) is 0 Å². The molecule has 1 aromatic rings. The van der Waals surface area contributed by atoms with Crippen molar-refractivity contribution in [1.82, 2.24) is 5.32 Å². The molecule has 2 heteroatoms. The molecular formula is C15H24N2. The molecular weight excluding hydrogens is 208 g/mol. The molecule has 1 fully saturated rings. The monoisotopic (exact) mass is 232 g/mol. The molecule has 0 aliphatic heterocycles. The fraction of sp³-hybridized carbons (Fsp3) is 0.600. The zero-order valence-electron chi connectivity index (χ0n) is 11.2. The number of nitrogens with one attached hydrogen (secondary N) is 1. The van der Waals surface area contributed by atoms with Gasteiger partial charge in [0.05, 0.1) is 0 Å². The zero-order valence-corrected chi connectivity index (χ0v) is 11.2. The molecule has 1 aromatic carbocycles. The zero-order chi connectivity index (χ0) is 12.4. The first-order chi connectivity index (χ1) is 8.11. The summed E-state index contributed by atoms with van der Waals surface area (Å²) < 4.78 is 0. The van der Waals surface area contributed by atoms with E-state index in [1.54, 1.807) is 0 Å². The minimum atomic E-state index is 0.316. The molecule has 1 unspecified atom stereocenters. The lowest BCUT2D eigenvalue weighted by Gasteiger charge is -2.22. The van der Waals surface area contributed by atoms with Crippen LogP contribution < -0.4 is 11.1 Å². The Labute approximate surface area is 105 Å². The Morgan fingerprint density at radius 3 is 2.29 bits per heavy atom. The summed E-state index contributed by atoms with van der Waals surface area (Å²) in [5, 5.41) is 3.62. The first kappa shape index (κ1) is 12.6. The quantitative estimate of drug-likeness (QED) is 0.819. The Balaban J connectivity index is 2.16. The predicted octanol–water partition coefficient (Wildman–Crippen LogP) is 2.61. The summed E-state index contributed by atoms with van der Waals surface area (Å²) in [5.74, 6) is 0.898. The molecule has 2 rings (SSSR count). The lowest BCUT2D eigenvalue weighted by molar-refractivity contribution is 0.518. The van der Waals surface area contributed by atoms with E-state index in [4.69, 9.17) is 5.73 Å². The van der Waals surface area contributed by atoms with E-state index >= 15 is 0 Å². The molecule has 1 aliphatic rings. The van der Waals surface area contributed by atoms with Crippen LogP contribution in [-0.2, 0) is 0 Å². The third-order valence-corrected chi connectivity index (χ3v) is 3.67. The average Bonchev–Trinajstić information content (AvgIpc) is 3.05. The van der Waals surface area contributed by atoms with E-state index in [0.29, 0.717) is 12.6 Å². The second-order valence-electron chi connectivity index (χ2n) is 5.45. The molecule has 94 valence electrons. The lowest BCUT2D eigenvalue weighted by Crippen LogP contribution is -2.31. The van der Waals surface area contributed by atoms with Gasteiger partial charge >= 0.3 is 0 Å². The molecule has 0 aromatic heterocycles. The Bertz CT molecular complexity index is 371. The van der Waals surface area contributed by atoms with E-state index < -0.39 is 0 Å². The molecule has 3 N–H and O–H groups in total. The van der Waals surface area contributed by atoms with Crippen LogP contribution in [0.1, 0.15) is 41.1 Å². The normalized spacial score (nSPS) is 17.2. The van der Waals surface area contributed by atoms with Crippen LogP contribution in [0.5, 0.6) is 0 Å². The van der Waals surface area contributed by atoms with Gasteiger partial charge in [-0.2, -0.15) is 0 Å². The molecule has 0 radical (unpaired) electrons. The highest BCUT2D eigenvalue weighted by molar-refractivity contribution is 5.39. The second-order valence-corrected chi connectivity index (χ2v) is 5.45. The van der Waals surface area contributed by atoms with E-state index in [-0.39, 0.29) is 0 Å². The van der Waals surface area contributed by atoms with E-state index in [1.807, 2.05) is 0 Å². The van der Waals surface area contributed by atoms with Gasteiger partial charge in [-0.3, -0.25) is 0 Å². The summed E-state index contributed by atoms with van der Waals surface area (Å²) in [4.78, 5) is 0. The van der Waals surface area contributed by atoms with Crippen molar-refractivity contribution in [2.45, 2.75) is 39.7 Å². The molecule has 0 saturated heterocycles. The van der Waals surface area contributed by atoms with Crippen LogP contribution in [0.25, 0.3) is 0 Å². The summed E-state index contributed by atoms with van der Waals surface area (Å²) in [5.41, 5.74) is 11.4. The number of nitrogens with two attached hydrogens (primary N) is 1. The average molecular weight is 232 g/mol. The maximum Gasteiger partial charge on any atom is 0.0449 e. The number of benzene rings is 1. The van der Waals surface area contributed by atoms with E-state index in [1.165, 1.54) is 35.1 Å². The molecule has 2 nitrogen and oxygen atoms in total. The fourth-order valence-electron chi connectivity index (χ4n) is 2.67. The van der Waals surface area contributed by atoms with Crippen molar-refractivity contribution in [2.75, 3.05) is 13.1 Å². The third kappa shape index (κ3) is 3.08. The SMILES string of the molecule is Cc1cc(C)c(C(CN)NCC2CC2)c(C)c1. The van der Waals surface area contributed by atoms with Crippen LogP contribution in [0.3, 0.4) is 0 Å². The Hall–Kier alpha value is -0.860. The molecule has 1 aliphatic carbocycles. The van der Waals surface area contributed by atoms with Crippen molar-refractivity contribution >= 4 is 0 Å². The first-order valence-electron chi connectivity index (χ1n) is 6.63. The summed E-state index contributed by atoms with van der Waals surface area (Å²) in [6.45, 7) is 8.33. The molecule has 1 atom stereocenters. The Morgan fingerprint density at radius 1 is 1.24 bits per heavy atom. The van der Waals surface area contributed by atoms with Crippen molar-refractivity contribution in [3.05, 3.63) is 34.4 Å². The Kier molecular flexibility index (Phi) is 3.85. The first-order valence-corrected chi connectivity index (χ1v) is 6.63.